The number of nitrogens with one attached hydrogen (secondary N) is 2. The molecule has 0 saturated heterocycles. The number of nitrogens with zero attached hydrogens (tertiary/aromatic N) is 1. The van der Waals surface area contributed by atoms with Crippen LogP contribution in [0, 0.1) is 0 Å². The molecule has 1 fully saturated rings. The van der Waals surface area contributed by atoms with E-state index in [1.165, 1.54) is 61.3 Å². The number of fused-ring (bicyclic) bond motifs is 1. The van der Waals surface area contributed by atoms with Gasteiger partial charge in [-0.15, -0.1) is 0 Å². The first kappa shape index (κ1) is 16.1. The summed E-state index contributed by atoms with van der Waals surface area (Å²) in [5.41, 5.74) is 4.78. The summed E-state index contributed by atoms with van der Waals surface area (Å²) in [4.78, 5) is 2.30. The van der Waals surface area contributed by atoms with Crippen molar-refractivity contribution in [3.63, 3.8) is 0 Å². The summed E-state index contributed by atoms with van der Waals surface area (Å²) in [6.45, 7) is 0. The summed E-state index contributed by atoms with van der Waals surface area (Å²) in [6, 6.07) is 19.7. The Kier molecular flexibility index (Phi) is 4.64. The Hall–Kier alpha value is -2.42. The molecule has 0 bridgehead atoms. The normalized spacial score (nSPS) is 18.4. The standard InChI is InChI=1S/C22H27N3/c1-25-20-16-10-9-15-19(20)24-21(17-11-5-4-6-12-17)22(25)23-18-13-7-2-3-8-14-18/h4-6,9-12,15-16,18,23-24H,2-3,7-8,13-14H2,1H3. The van der Waals surface area contributed by atoms with E-state index in [9.17, 15) is 0 Å². The molecule has 0 amide bonds. The predicted octanol–water partition coefficient (Wildman–Crippen LogP) is 5.19. The fourth-order valence-corrected chi connectivity index (χ4v) is 3.95. The number of para-hydroxylation sites is 2. The van der Waals surface area contributed by atoms with Crippen molar-refractivity contribution in [2.45, 2.75) is 44.6 Å². The highest BCUT2D eigenvalue weighted by Gasteiger charge is 2.25. The van der Waals surface area contributed by atoms with Gasteiger partial charge in [0.15, 0.2) is 0 Å². The van der Waals surface area contributed by atoms with E-state index < -0.39 is 0 Å². The van der Waals surface area contributed by atoms with E-state index >= 15 is 0 Å². The van der Waals surface area contributed by atoms with Crippen LogP contribution in [0.25, 0.3) is 5.70 Å². The fourth-order valence-electron chi connectivity index (χ4n) is 3.95. The van der Waals surface area contributed by atoms with E-state index in [1.807, 2.05) is 0 Å². The van der Waals surface area contributed by atoms with Gasteiger partial charge in [-0.3, -0.25) is 0 Å². The molecule has 1 aliphatic heterocycles. The van der Waals surface area contributed by atoms with Crippen LogP contribution in [0.3, 0.4) is 0 Å². The van der Waals surface area contributed by atoms with Gasteiger partial charge in [-0.05, 0) is 25.0 Å². The molecule has 2 N–H and O–H groups in total. The van der Waals surface area contributed by atoms with Crippen LogP contribution < -0.4 is 15.5 Å². The summed E-state index contributed by atoms with van der Waals surface area (Å²) in [6.07, 6.45) is 7.94. The van der Waals surface area contributed by atoms with Crippen LogP contribution in [0.1, 0.15) is 44.1 Å². The molecule has 25 heavy (non-hydrogen) atoms. The maximum Gasteiger partial charge on any atom is 0.131 e. The molecular formula is C22H27N3. The Balaban J connectivity index is 1.72. The highest BCUT2D eigenvalue weighted by atomic mass is 15.3. The molecule has 3 heteroatoms. The van der Waals surface area contributed by atoms with Gasteiger partial charge in [0.25, 0.3) is 0 Å². The van der Waals surface area contributed by atoms with Crippen LogP contribution in [0.15, 0.2) is 60.4 Å². The zero-order chi connectivity index (χ0) is 17.1. The highest BCUT2D eigenvalue weighted by Crippen LogP contribution is 2.37. The average molecular weight is 333 g/mol. The minimum atomic E-state index is 0.561. The SMILES string of the molecule is CN1C(NC2CCCCCC2)=C(c2ccccc2)Nc2ccccc21. The smallest absolute Gasteiger partial charge is 0.131 e. The van der Waals surface area contributed by atoms with Crippen LogP contribution in [-0.4, -0.2) is 13.1 Å². The molecule has 2 aromatic rings. The van der Waals surface area contributed by atoms with Crippen molar-refractivity contribution in [3.05, 3.63) is 66.0 Å². The molecule has 0 spiro atoms. The van der Waals surface area contributed by atoms with Crippen LogP contribution >= 0.6 is 0 Å². The zero-order valence-electron chi connectivity index (χ0n) is 15.0. The summed E-state index contributed by atoms with van der Waals surface area (Å²) < 4.78 is 0. The molecule has 1 aliphatic carbocycles. The maximum atomic E-state index is 3.88. The number of benzene rings is 2. The minimum Gasteiger partial charge on any atom is -0.367 e. The Labute approximate surface area is 150 Å². The Morgan fingerprint density at radius 1 is 0.880 bits per heavy atom. The number of hydrogen-bond donors (Lipinski definition) is 2. The lowest BCUT2D eigenvalue weighted by Crippen LogP contribution is -2.39. The lowest BCUT2D eigenvalue weighted by Gasteiger charge is -2.36. The minimum absolute atomic E-state index is 0.561. The van der Waals surface area contributed by atoms with E-state index in [0.717, 1.165) is 5.69 Å². The van der Waals surface area contributed by atoms with Gasteiger partial charge in [0.05, 0.1) is 17.1 Å². The van der Waals surface area contributed by atoms with E-state index in [2.05, 4.69) is 77.2 Å². The first-order chi connectivity index (χ1) is 12.3. The van der Waals surface area contributed by atoms with Gasteiger partial charge in [-0.25, -0.2) is 0 Å². The van der Waals surface area contributed by atoms with Gasteiger partial charge < -0.3 is 15.5 Å². The Bertz CT molecular complexity index is 743. The highest BCUT2D eigenvalue weighted by molar-refractivity contribution is 5.90. The molecule has 1 heterocycles. The van der Waals surface area contributed by atoms with Gasteiger partial charge in [-0.2, -0.15) is 0 Å². The van der Waals surface area contributed by atoms with Gasteiger partial charge >= 0.3 is 0 Å². The van der Waals surface area contributed by atoms with Crippen molar-refractivity contribution in [3.8, 4) is 0 Å². The van der Waals surface area contributed by atoms with Crippen LogP contribution in [0.2, 0.25) is 0 Å². The summed E-state index contributed by atoms with van der Waals surface area (Å²) >= 11 is 0. The fraction of sp³-hybridized carbons (Fsp3) is 0.364. The van der Waals surface area contributed by atoms with Crippen LogP contribution in [-0.2, 0) is 0 Å². The number of anilines is 2. The molecule has 2 aliphatic rings. The van der Waals surface area contributed by atoms with Crippen molar-refractivity contribution in [2.75, 3.05) is 17.3 Å². The van der Waals surface area contributed by atoms with Crippen molar-refractivity contribution in [1.82, 2.24) is 5.32 Å². The molecule has 130 valence electrons. The first-order valence-corrected chi connectivity index (χ1v) is 9.49. The summed E-state index contributed by atoms with van der Waals surface area (Å²) in [5.74, 6) is 1.19. The molecule has 0 aromatic heterocycles. The lowest BCUT2D eigenvalue weighted by atomic mass is 10.1. The third-order valence-corrected chi connectivity index (χ3v) is 5.36. The largest absolute Gasteiger partial charge is 0.367 e. The predicted molar refractivity (Wildman–Crippen MR) is 106 cm³/mol. The topological polar surface area (TPSA) is 27.3 Å². The first-order valence-electron chi connectivity index (χ1n) is 9.49. The third kappa shape index (κ3) is 3.37. The molecule has 4 rings (SSSR count). The second-order valence-corrected chi connectivity index (χ2v) is 7.12. The van der Waals surface area contributed by atoms with Gasteiger partial charge in [-0.1, -0.05) is 68.1 Å². The van der Waals surface area contributed by atoms with E-state index in [1.54, 1.807) is 0 Å². The van der Waals surface area contributed by atoms with Gasteiger partial charge in [0.1, 0.15) is 5.82 Å². The van der Waals surface area contributed by atoms with E-state index in [-0.39, 0.29) is 0 Å². The van der Waals surface area contributed by atoms with Crippen molar-refractivity contribution in [1.29, 1.82) is 0 Å². The van der Waals surface area contributed by atoms with Crippen LogP contribution in [0.4, 0.5) is 11.4 Å². The maximum absolute atomic E-state index is 3.88. The monoisotopic (exact) mass is 333 g/mol. The second kappa shape index (κ2) is 7.22. The molecule has 0 radical (unpaired) electrons. The molecule has 3 nitrogen and oxygen atoms in total. The molecule has 1 saturated carbocycles. The quantitative estimate of drug-likeness (QED) is 0.757. The third-order valence-electron chi connectivity index (χ3n) is 5.36. The number of rotatable bonds is 3. The van der Waals surface area contributed by atoms with Crippen molar-refractivity contribution >= 4 is 17.1 Å². The number of hydrogen-bond acceptors (Lipinski definition) is 3. The van der Waals surface area contributed by atoms with Gasteiger partial charge in [0.2, 0.25) is 0 Å². The zero-order valence-corrected chi connectivity index (χ0v) is 15.0. The lowest BCUT2D eigenvalue weighted by molar-refractivity contribution is 0.496. The Morgan fingerprint density at radius 2 is 1.56 bits per heavy atom. The second-order valence-electron chi connectivity index (χ2n) is 7.12. The van der Waals surface area contributed by atoms with Crippen molar-refractivity contribution in [2.24, 2.45) is 0 Å². The summed E-state index contributed by atoms with van der Waals surface area (Å²) in [5, 5.41) is 7.55. The van der Waals surface area contributed by atoms with Crippen LogP contribution in [0.5, 0.6) is 0 Å². The molecule has 2 aromatic carbocycles. The van der Waals surface area contributed by atoms with E-state index in [0.29, 0.717) is 6.04 Å². The average Bonchev–Trinajstić information content (AvgIpc) is 2.93. The molecular weight excluding hydrogens is 306 g/mol. The van der Waals surface area contributed by atoms with Crippen molar-refractivity contribution < 1.29 is 0 Å². The summed E-state index contributed by atoms with van der Waals surface area (Å²) in [7, 11) is 2.17. The van der Waals surface area contributed by atoms with Gasteiger partial charge in [0, 0.05) is 18.7 Å². The van der Waals surface area contributed by atoms with E-state index in [4.69, 9.17) is 0 Å². The molecule has 0 unspecified atom stereocenters. The molecule has 0 atom stereocenters. The Morgan fingerprint density at radius 3 is 2.32 bits per heavy atom.